The van der Waals surface area contributed by atoms with E-state index in [9.17, 15) is 9.90 Å². The average Bonchev–Trinajstić information content (AvgIpc) is 2.93. The molecule has 0 saturated carbocycles. The van der Waals surface area contributed by atoms with Crippen LogP contribution in [0.25, 0.3) is 27.7 Å². The zero-order valence-corrected chi connectivity index (χ0v) is 11.8. The van der Waals surface area contributed by atoms with Gasteiger partial charge in [-0.15, -0.1) is 5.10 Å². The molecule has 3 heterocycles. The number of carboxylic acid groups (broad SMARTS) is 1. The van der Waals surface area contributed by atoms with Crippen LogP contribution in [0.4, 0.5) is 5.95 Å². The monoisotopic (exact) mass is 305 g/mol. The fourth-order valence-electron chi connectivity index (χ4n) is 2.62. The van der Waals surface area contributed by atoms with E-state index in [2.05, 4.69) is 15.1 Å². The van der Waals surface area contributed by atoms with E-state index in [1.165, 1.54) is 4.52 Å². The second-order valence-electron chi connectivity index (χ2n) is 5.06. The normalized spacial score (nSPS) is 11.1. The largest absolute Gasteiger partial charge is 0.476 e. The number of aromatic nitrogens is 4. The Morgan fingerprint density at radius 2 is 2.00 bits per heavy atom. The van der Waals surface area contributed by atoms with Crippen molar-refractivity contribution in [3.05, 3.63) is 54.4 Å². The summed E-state index contributed by atoms with van der Waals surface area (Å²) in [5.74, 6) is -1.08. The molecule has 0 aliphatic heterocycles. The van der Waals surface area contributed by atoms with Gasteiger partial charge >= 0.3 is 5.97 Å². The molecule has 3 N–H and O–H groups in total. The summed E-state index contributed by atoms with van der Waals surface area (Å²) in [7, 11) is 0. The fraction of sp³-hybridized carbons (Fsp3) is 0. The number of para-hydroxylation sites is 1. The lowest BCUT2D eigenvalue weighted by molar-refractivity contribution is 0.0688. The van der Waals surface area contributed by atoms with Crippen LogP contribution in [-0.4, -0.2) is 30.7 Å². The molecule has 0 radical (unpaired) electrons. The number of nitrogen functional groups attached to an aromatic ring is 1. The lowest BCUT2D eigenvalue weighted by atomic mass is 10.0. The molecule has 0 atom stereocenters. The highest BCUT2D eigenvalue weighted by Gasteiger charge is 2.18. The maximum absolute atomic E-state index is 11.7. The predicted octanol–water partition coefficient (Wildman–Crippen LogP) is 2.22. The fourth-order valence-corrected chi connectivity index (χ4v) is 2.62. The smallest absolute Gasteiger partial charge is 0.355 e. The lowest BCUT2D eigenvalue weighted by Crippen LogP contribution is -2.09. The molecular weight excluding hydrogens is 294 g/mol. The standard InChI is InChI=1S/C16H11N5O2/c17-16-19-13-6-5-11(14(15(22)23)21(13)20-16)10-7-9-3-1-2-4-12(9)18-8-10/h1-8H,(H2,17,20)(H,22,23). The number of aromatic carboxylic acids is 1. The topological polar surface area (TPSA) is 106 Å². The number of nitrogens with two attached hydrogens (primary N) is 1. The Bertz CT molecular complexity index is 1070. The van der Waals surface area contributed by atoms with Gasteiger partial charge in [0.15, 0.2) is 11.3 Å². The van der Waals surface area contributed by atoms with Gasteiger partial charge in [-0.2, -0.15) is 4.98 Å². The van der Waals surface area contributed by atoms with Crippen molar-refractivity contribution in [3.63, 3.8) is 0 Å². The molecule has 0 fully saturated rings. The van der Waals surface area contributed by atoms with Crippen molar-refractivity contribution in [1.29, 1.82) is 0 Å². The first kappa shape index (κ1) is 13.2. The summed E-state index contributed by atoms with van der Waals surface area (Å²) in [6, 6.07) is 12.9. The molecule has 3 aromatic heterocycles. The first-order valence-electron chi connectivity index (χ1n) is 6.87. The Kier molecular flexibility index (Phi) is 2.74. The van der Waals surface area contributed by atoms with Crippen molar-refractivity contribution in [2.24, 2.45) is 0 Å². The van der Waals surface area contributed by atoms with Crippen LogP contribution in [0, 0.1) is 0 Å². The minimum absolute atomic E-state index is 0.00350. The number of carbonyl (C=O) groups is 1. The average molecular weight is 305 g/mol. The van der Waals surface area contributed by atoms with Crippen molar-refractivity contribution in [3.8, 4) is 11.1 Å². The quantitative estimate of drug-likeness (QED) is 0.588. The Morgan fingerprint density at radius 1 is 1.17 bits per heavy atom. The minimum atomic E-state index is -1.11. The highest BCUT2D eigenvalue weighted by molar-refractivity contribution is 5.96. The van der Waals surface area contributed by atoms with Crippen LogP contribution in [0.15, 0.2) is 48.7 Å². The van der Waals surface area contributed by atoms with Gasteiger partial charge < -0.3 is 10.8 Å². The second kappa shape index (κ2) is 4.77. The number of carboxylic acids is 1. The van der Waals surface area contributed by atoms with E-state index in [-0.39, 0.29) is 11.6 Å². The number of benzene rings is 1. The van der Waals surface area contributed by atoms with Crippen molar-refractivity contribution >= 4 is 28.5 Å². The third-order valence-electron chi connectivity index (χ3n) is 3.62. The number of anilines is 1. The van der Waals surface area contributed by atoms with E-state index in [1.54, 1.807) is 18.3 Å². The van der Waals surface area contributed by atoms with E-state index in [0.29, 0.717) is 16.8 Å². The first-order valence-corrected chi connectivity index (χ1v) is 6.87. The van der Waals surface area contributed by atoms with E-state index in [1.807, 2.05) is 30.3 Å². The molecule has 0 bridgehead atoms. The van der Waals surface area contributed by atoms with E-state index < -0.39 is 5.97 Å². The Balaban J connectivity index is 2.03. The van der Waals surface area contributed by atoms with Crippen LogP contribution in [0.3, 0.4) is 0 Å². The van der Waals surface area contributed by atoms with Crippen LogP contribution < -0.4 is 5.73 Å². The molecule has 0 spiro atoms. The molecule has 0 saturated heterocycles. The van der Waals surface area contributed by atoms with Crippen LogP contribution >= 0.6 is 0 Å². The number of rotatable bonds is 2. The number of hydrogen-bond donors (Lipinski definition) is 2. The second-order valence-corrected chi connectivity index (χ2v) is 5.06. The Hall–Kier alpha value is -3.48. The Labute approximate surface area is 130 Å². The summed E-state index contributed by atoms with van der Waals surface area (Å²) in [6.45, 7) is 0. The third-order valence-corrected chi connectivity index (χ3v) is 3.62. The SMILES string of the molecule is Nc1nc2ccc(-c3cnc4ccccc4c3)c(C(=O)O)n2n1. The molecule has 0 amide bonds. The highest BCUT2D eigenvalue weighted by Crippen LogP contribution is 2.27. The van der Waals surface area contributed by atoms with Gasteiger partial charge in [0, 0.05) is 22.7 Å². The van der Waals surface area contributed by atoms with Crippen LogP contribution in [0.2, 0.25) is 0 Å². The summed E-state index contributed by atoms with van der Waals surface area (Å²) < 4.78 is 1.24. The molecule has 7 heteroatoms. The highest BCUT2D eigenvalue weighted by atomic mass is 16.4. The lowest BCUT2D eigenvalue weighted by Gasteiger charge is -2.08. The van der Waals surface area contributed by atoms with Gasteiger partial charge in [0.2, 0.25) is 5.95 Å². The third kappa shape index (κ3) is 2.06. The molecular formula is C16H11N5O2. The number of hydrogen-bond acceptors (Lipinski definition) is 5. The first-order chi connectivity index (χ1) is 11.1. The summed E-state index contributed by atoms with van der Waals surface area (Å²) in [6.07, 6.45) is 1.65. The van der Waals surface area contributed by atoms with Gasteiger partial charge in [-0.1, -0.05) is 18.2 Å². The van der Waals surface area contributed by atoms with Gasteiger partial charge in [-0.05, 0) is 24.3 Å². The summed E-state index contributed by atoms with van der Waals surface area (Å²) in [5.41, 5.74) is 8.01. The molecule has 0 unspecified atom stereocenters. The zero-order valence-electron chi connectivity index (χ0n) is 11.8. The van der Waals surface area contributed by atoms with Crippen molar-refractivity contribution in [2.75, 3.05) is 5.73 Å². The summed E-state index contributed by atoms with van der Waals surface area (Å²) >= 11 is 0. The summed E-state index contributed by atoms with van der Waals surface area (Å²) in [4.78, 5) is 20.1. The molecule has 0 aliphatic rings. The maximum atomic E-state index is 11.7. The molecule has 4 aromatic rings. The van der Waals surface area contributed by atoms with E-state index in [0.717, 1.165) is 10.9 Å². The molecule has 0 aliphatic carbocycles. The molecule has 112 valence electrons. The minimum Gasteiger partial charge on any atom is -0.476 e. The number of nitrogens with zero attached hydrogens (tertiary/aromatic N) is 4. The predicted molar refractivity (Wildman–Crippen MR) is 85.1 cm³/mol. The molecule has 7 nitrogen and oxygen atoms in total. The Morgan fingerprint density at radius 3 is 2.83 bits per heavy atom. The van der Waals surface area contributed by atoms with Crippen LogP contribution in [0.1, 0.15) is 10.5 Å². The molecule has 1 aromatic carbocycles. The van der Waals surface area contributed by atoms with Gasteiger partial charge in [0.25, 0.3) is 0 Å². The summed E-state index contributed by atoms with van der Waals surface area (Å²) in [5, 5.41) is 14.5. The van der Waals surface area contributed by atoms with Gasteiger partial charge in [-0.25, -0.2) is 9.31 Å². The van der Waals surface area contributed by atoms with Crippen molar-refractivity contribution in [1.82, 2.24) is 19.6 Å². The van der Waals surface area contributed by atoms with E-state index >= 15 is 0 Å². The van der Waals surface area contributed by atoms with Crippen molar-refractivity contribution in [2.45, 2.75) is 0 Å². The number of fused-ring (bicyclic) bond motifs is 2. The molecule has 23 heavy (non-hydrogen) atoms. The van der Waals surface area contributed by atoms with Crippen LogP contribution in [0.5, 0.6) is 0 Å². The van der Waals surface area contributed by atoms with Gasteiger partial charge in [-0.3, -0.25) is 4.98 Å². The zero-order chi connectivity index (χ0) is 16.0. The number of pyridine rings is 2. The van der Waals surface area contributed by atoms with E-state index in [4.69, 9.17) is 5.73 Å². The van der Waals surface area contributed by atoms with Gasteiger partial charge in [0.1, 0.15) is 0 Å². The van der Waals surface area contributed by atoms with Gasteiger partial charge in [0.05, 0.1) is 5.52 Å². The molecule has 4 rings (SSSR count). The van der Waals surface area contributed by atoms with Crippen LogP contribution in [-0.2, 0) is 0 Å². The maximum Gasteiger partial charge on any atom is 0.355 e. The van der Waals surface area contributed by atoms with Crippen molar-refractivity contribution < 1.29 is 9.90 Å².